The van der Waals surface area contributed by atoms with E-state index in [0.717, 1.165) is 18.7 Å². The highest BCUT2D eigenvalue weighted by atomic mass is 16.5. The van der Waals surface area contributed by atoms with Gasteiger partial charge in [0.1, 0.15) is 11.9 Å². The molecule has 0 saturated heterocycles. The van der Waals surface area contributed by atoms with Crippen molar-refractivity contribution in [1.82, 2.24) is 0 Å². The second kappa shape index (κ2) is 6.06. The van der Waals surface area contributed by atoms with Crippen LogP contribution in [0, 0.1) is 12.8 Å². The van der Waals surface area contributed by atoms with Crippen LogP contribution in [-0.4, -0.2) is 12.6 Å². The molecule has 2 nitrogen and oxygen atoms in total. The van der Waals surface area contributed by atoms with E-state index >= 15 is 0 Å². The van der Waals surface area contributed by atoms with Gasteiger partial charge in [0, 0.05) is 5.92 Å². The van der Waals surface area contributed by atoms with Crippen LogP contribution in [0.4, 0.5) is 0 Å². The van der Waals surface area contributed by atoms with Crippen LogP contribution < -0.4 is 10.5 Å². The summed E-state index contributed by atoms with van der Waals surface area (Å²) in [5.41, 5.74) is 7.13. The number of hydrogen-bond acceptors (Lipinski definition) is 2. The van der Waals surface area contributed by atoms with Crippen molar-refractivity contribution in [3.63, 3.8) is 0 Å². The van der Waals surface area contributed by atoms with E-state index in [1.54, 1.807) is 0 Å². The Morgan fingerprint density at radius 2 is 1.82 bits per heavy atom. The largest absolute Gasteiger partial charge is 0.490 e. The lowest BCUT2D eigenvalue weighted by atomic mass is 9.97. The molecule has 0 bridgehead atoms. The van der Waals surface area contributed by atoms with Crippen molar-refractivity contribution >= 4 is 0 Å². The fraction of sp³-hybridized carbons (Fsp3) is 0.600. The summed E-state index contributed by atoms with van der Waals surface area (Å²) >= 11 is 0. The topological polar surface area (TPSA) is 35.2 Å². The van der Waals surface area contributed by atoms with E-state index in [-0.39, 0.29) is 0 Å². The minimum Gasteiger partial charge on any atom is -0.490 e. The molecule has 1 aliphatic rings. The third kappa shape index (κ3) is 3.47. The van der Waals surface area contributed by atoms with Gasteiger partial charge in [-0.3, -0.25) is 0 Å². The molecule has 0 spiro atoms. The molecule has 0 aromatic heterocycles. The normalized spacial score (nSPS) is 25.3. The van der Waals surface area contributed by atoms with Crippen LogP contribution in [0.1, 0.15) is 37.7 Å². The molecule has 1 fully saturated rings. The highest BCUT2D eigenvalue weighted by Crippen LogP contribution is 2.27. The molecule has 2 rings (SSSR count). The fourth-order valence-electron chi connectivity index (χ4n) is 2.57. The van der Waals surface area contributed by atoms with Crippen molar-refractivity contribution < 1.29 is 4.74 Å². The van der Waals surface area contributed by atoms with Gasteiger partial charge in [0.25, 0.3) is 0 Å². The number of rotatable bonds is 3. The van der Waals surface area contributed by atoms with Gasteiger partial charge in [0.05, 0.1) is 0 Å². The molecule has 1 aliphatic carbocycles. The lowest BCUT2D eigenvalue weighted by molar-refractivity contribution is 0.129. The predicted molar refractivity (Wildman–Crippen MR) is 71.2 cm³/mol. The van der Waals surface area contributed by atoms with Gasteiger partial charge >= 0.3 is 0 Å². The minimum atomic E-state index is 0.310. The Balaban J connectivity index is 2.01. The van der Waals surface area contributed by atoms with Crippen molar-refractivity contribution in [2.45, 2.75) is 45.1 Å². The van der Waals surface area contributed by atoms with Crippen LogP contribution in [0.2, 0.25) is 0 Å². The Kier molecular flexibility index (Phi) is 4.43. The second-order valence-corrected chi connectivity index (χ2v) is 5.10. The predicted octanol–water partition coefficient (Wildman–Crippen LogP) is 3.28. The Morgan fingerprint density at radius 1 is 1.12 bits per heavy atom. The average molecular weight is 233 g/mol. The van der Waals surface area contributed by atoms with E-state index in [2.05, 4.69) is 31.2 Å². The maximum Gasteiger partial charge on any atom is 0.119 e. The number of benzene rings is 1. The van der Waals surface area contributed by atoms with E-state index in [9.17, 15) is 0 Å². The summed E-state index contributed by atoms with van der Waals surface area (Å²) in [6, 6.07) is 8.33. The summed E-state index contributed by atoms with van der Waals surface area (Å²) in [6.07, 6.45) is 6.57. The molecular weight excluding hydrogens is 210 g/mol. The molecule has 2 unspecified atom stereocenters. The Labute approximate surface area is 104 Å². The number of hydrogen-bond donors (Lipinski definition) is 1. The van der Waals surface area contributed by atoms with Crippen LogP contribution in [0.3, 0.4) is 0 Å². The number of aryl methyl sites for hydroxylation is 1. The molecule has 0 heterocycles. The van der Waals surface area contributed by atoms with Gasteiger partial charge < -0.3 is 10.5 Å². The van der Waals surface area contributed by atoms with E-state index in [1.807, 2.05) is 0 Å². The molecule has 0 amide bonds. The SMILES string of the molecule is Cc1ccc(OC2CCCCCC2CN)cc1. The van der Waals surface area contributed by atoms with Gasteiger partial charge in [0.2, 0.25) is 0 Å². The van der Waals surface area contributed by atoms with Crippen LogP contribution in [0.15, 0.2) is 24.3 Å². The van der Waals surface area contributed by atoms with E-state index in [0.29, 0.717) is 12.0 Å². The summed E-state index contributed by atoms with van der Waals surface area (Å²) in [4.78, 5) is 0. The van der Waals surface area contributed by atoms with E-state index in [4.69, 9.17) is 10.5 Å². The average Bonchev–Trinajstić information content (AvgIpc) is 2.57. The fourth-order valence-corrected chi connectivity index (χ4v) is 2.57. The van der Waals surface area contributed by atoms with Crippen molar-refractivity contribution in [2.24, 2.45) is 11.7 Å². The molecule has 1 saturated carbocycles. The van der Waals surface area contributed by atoms with Crippen molar-refractivity contribution in [3.8, 4) is 5.75 Å². The number of nitrogens with two attached hydrogens (primary N) is 1. The highest BCUT2D eigenvalue weighted by molar-refractivity contribution is 5.26. The molecule has 1 aromatic rings. The zero-order valence-corrected chi connectivity index (χ0v) is 10.7. The van der Waals surface area contributed by atoms with E-state index in [1.165, 1.54) is 31.2 Å². The molecule has 1 aromatic carbocycles. The first-order valence-electron chi connectivity index (χ1n) is 6.73. The van der Waals surface area contributed by atoms with Gasteiger partial charge in [-0.15, -0.1) is 0 Å². The van der Waals surface area contributed by atoms with E-state index < -0.39 is 0 Å². The molecule has 2 N–H and O–H groups in total. The van der Waals surface area contributed by atoms with Gasteiger partial charge in [-0.2, -0.15) is 0 Å². The van der Waals surface area contributed by atoms with Gasteiger partial charge in [0.15, 0.2) is 0 Å². The molecule has 2 heteroatoms. The quantitative estimate of drug-likeness (QED) is 0.813. The smallest absolute Gasteiger partial charge is 0.119 e. The maximum atomic E-state index is 6.11. The summed E-state index contributed by atoms with van der Waals surface area (Å²) < 4.78 is 6.11. The second-order valence-electron chi connectivity index (χ2n) is 5.10. The van der Waals surface area contributed by atoms with Gasteiger partial charge in [-0.05, 0) is 44.9 Å². The Morgan fingerprint density at radius 3 is 2.53 bits per heavy atom. The first kappa shape index (κ1) is 12.4. The monoisotopic (exact) mass is 233 g/mol. The summed E-state index contributed by atoms with van der Waals surface area (Å²) in [7, 11) is 0. The third-order valence-corrected chi connectivity index (χ3v) is 3.70. The van der Waals surface area contributed by atoms with Gasteiger partial charge in [-0.1, -0.05) is 30.5 Å². The van der Waals surface area contributed by atoms with Crippen molar-refractivity contribution in [1.29, 1.82) is 0 Å². The first-order valence-corrected chi connectivity index (χ1v) is 6.73. The molecule has 17 heavy (non-hydrogen) atoms. The Bertz CT molecular complexity index is 333. The molecular formula is C15H23NO. The van der Waals surface area contributed by atoms with Crippen LogP contribution in [0.25, 0.3) is 0 Å². The Hall–Kier alpha value is -1.02. The first-order chi connectivity index (χ1) is 8.29. The van der Waals surface area contributed by atoms with Crippen molar-refractivity contribution in [3.05, 3.63) is 29.8 Å². The molecule has 2 atom stereocenters. The molecule has 0 radical (unpaired) electrons. The highest BCUT2D eigenvalue weighted by Gasteiger charge is 2.24. The lowest BCUT2D eigenvalue weighted by Crippen LogP contribution is -2.31. The maximum absolute atomic E-state index is 6.11. The summed E-state index contributed by atoms with van der Waals surface area (Å²) in [6.45, 7) is 2.84. The molecule has 0 aliphatic heterocycles. The van der Waals surface area contributed by atoms with Crippen molar-refractivity contribution in [2.75, 3.05) is 6.54 Å². The third-order valence-electron chi connectivity index (χ3n) is 3.70. The van der Waals surface area contributed by atoms with Crippen LogP contribution in [0.5, 0.6) is 5.75 Å². The minimum absolute atomic E-state index is 0.310. The summed E-state index contributed by atoms with van der Waals surface area (Å²) in [5, 5.41) is 0. The van der Waals surface area contributed by atoms with Crippen LogP contribution in [-0.2, 0) is 0 Å². The number of ether oxygens (including phenoxy) is 1. The van der Waals surface area contributed by atoms with Gasteiger partial charge in [-0.25, -0.2) is 0 Å². The van der Waals surface area contributed by atoms with Crippen LogP contribution >= 0.6 is 0 Å². The summed E-state index contributed by atoms with van der Waals surface area (Å²) in [5.74, 6) is 1.51. The zero-order valence-electron chi connectivity index (χ0n) is 10.7. The molecule has 94 valence electrons. The lowest BCUT2D eigenvalue weighted by Gasteiger charge is -2.25. The zero-order chi connectivity index (χ0) is 12.1. The standard InChI is InChI=1S/C15H23NO/c1-12-7-9-14(10-8-12)17-15-6-4-2-3-5-13(15)11-16/h7-10,13,15H,2-6,11,16H2,1H3.